The van der Waals surface area contributed by atoms with Gasteiger partial charge in [-0.05, 0) is 24.4 Å². The summed E-state index contributed by atoms with van der Waals surface area (Å²) in [6, 6.07) is 10.7. The molecule has 1 aromatic rings. The van der Waals surface area contributed by atoms with Crippen LogP contribution in [-0.4, -0.2) is 31.6 Å². The minimum Gasteiger partial charge on any atom is -0.471 e. The van der Waals surface area contributed by atoms with Gasteiger partial charge in [0.25, 0.3) is 6.47 Å². The predicted molar refractivity (Wildman–Crippen MR) is 68.6 cm³/mol. The number of ether oxygens (including phenoxy) is 1. The van der Waals surface area contributed by atoms with Crippen LogP contribution in [0.2, 0.25) is 0 Å². The first-order valence-corrected chi connectivity index (χ1v) is 5.99. The van der Waals surface area contributed by atoms with Crippen LogP contribution in [0.15, 0.2) is 30.3 Å². The molecule has 1 atom stereocenters. The molecule has 0 bridgehead atoms. The molecule has 3 nitrogen and oxygen atoms in total. The average Bonchev–Trinajstić information content (AvgIpc) is 2.76. The second-order valence-electron chi connectivity index (χ2n) is 4.45. The third-order valence-corrected chi connectivity index (χ3v) is 2.85. The maximum Gasteiger partial charge on any atom is 0.292 e. The van der Waals surface area contributed by atoms with Gasteiger partial charge in [0.2, 0.25) is 0 Å². The Kier molecular flexibility index (Phi) is 6.33. The fourth-order valence-electron chi connectivity index (χ4n) is 2.01. The molecule has 1 heterocycles. The fraction of sp³-hybridized carbons (Fsp3) is 0.500. The number of rotatable bonds is 3. The summed E-state index contributed by atoms with van der Waals surface area (Å²) in [5.74, 6) is 0.892. The molecule has 2 rings (SSSR count). The number of hydrogen-bond acceptors (Lipinski definition) is 3. The highest BCUT2D eigenvalue weighted by Crippen LogP contribution is 2.17. The van der Waals surface area contributed by atoms with Crippen LogP contribution in [0.4, 0.5) is 0 Å². The molecule has 94 valence electrons. The van der Waals surface area contributed by atoms with Gasteiger partial charge in [-0.3, -0.25) is 9.69 Å². The van der Waals surface area contributed by atoms with Crippen LogP contribution in [-0.2, 0) is 16.1 Å². The van der Waals surface area contributed by atoms with E-state index in [0.29, 0.717) is 6.47 Å². The summed E-state index contributed by atoms with van der Waals surface area (Å²) < 4.78 is 3.86. The molecule has 1 aliphatic heterocycles. The Morgan fingerprint density at radius 1 is 1.41 bits per heavy atom. The second-order valence-corrected chi connectivity index (χ2v) is 4.45. The molecule has 1 saturated heterocycles. The van der Waals surface area contributed by atoms with Crippen molar-refractivity contribution in [3.05, 3.63) is 35.9 Å². The van der Waals surface area contributed by atoms with E-state index in [9.17, 15) is 0 Å². The lowest BCUT2D eigenvalue weighted by atomic mass is 10.2. The smallest absolute Gasteiger partial charge is 0.292 e. The summed E-state index contributed by atoms with van der Waals surface area (Å²) >= 11 is 0. The fourth-order valence-corrected chi connectivity index (χ4v) is 2.01. The number of hydrogen-bond donors (Lipinski definition) is 0. The molecule has 1 aromatic carbocycles. The molecular formula is C14H21NO2. The number of benzene rings is 1. The molecule has 1 fully saturated rings. The molecular weight excluding hydrogens is 214 g/mol. The van der Waals surface area contributed by atoms with E-state index in [2.05, 4.69) is 46.9 Å². The molecule has 0 amide bonds. The van der Waals surface area contributed by atoms with Crippen molar-refractivity contribution in [2.24, 2.45) is 5.92 Å². The van der Waals surface area contributed by atoms with Gasteiger partial charge in [-0.2, -0.15) is 0 Å². The van der Waals surface area contributed by atoms with Crippen molar-refractivity contribution in [2.75, 3.05) is 20.2 Å². The van der Waals surface area contributed by atoms with Gasteiger partial charge in [-0.25, -0.2) is 0 Å². The molecule has 0 aliphatic carbocycles. The summed E-state index contributed by atoms with van der Waals surface area (Å²) in [5.41, 5.74) is 1.44. The molecule has 1 aliphatic rings. The summed E-state index contributed by atoms with van der Waals surface area (Å²) in [4.78, 5) is 11.5. The van der Waals surface area contributed by atoms with Gasteiger partial charge >= 0.3 is 0 Å². The monoisotopic (exact) mass is 235 g/mol. The maximum atomic E-state index is 8.95. The Morgan fingerprint density at radius 2 is 2.06 bits per heavy atom. The number of likely N-dealkylation sites (tertiary alicyclic amines) is 1. The Labute approximate surface area is 103 Å². The van der Waals surface area contributed by atoms with E-state index in [-0.39, 0.29) is 0 Å². The lowest BCUT2D eigenvalue weighted by Crippen LogP contribution is -2.19. The summed E-state index contributed by atoms with van der Waals surface area (Å²) in [5, 5.41) is 0. The van der Waals surface area contributed by atoms with E-state index in [0.717, 1.165) is 12.5 Å². The number of carbonyl (C=O) groups is 1. The first-order valence-electron chi connectivity index (χ1n) is 5.99. The van der Waals surface area contributed by atoms with Crippen molar-refractivity contribution in [1.82, 2.24) is 4.90 Å². The van der Waals surface area contributed by atoms with Crippen LogP contribution in [0.3, 0.4) is 0 Å². The topological polar surface area (TPSA) is 29.5 Å². The summed E-state index contributed by atoms with van der Waals surface area (Å²) in [7, 11) is 1.31. The zero-order valence-corrected chi connectivity index (χ0v) is 10.6. The Hall–Kier alpha value is -1.35. The number of carbonyl (C=O) groups excluding carboxylic acids is 1. The Bertz CT molecular complexity index is 313. The molecule has 0 radical (unpaired) electrons. The predicted octanol–water partition coefficient (Wildman–Crippen LogP) is 2.32. The van der Waals surface area contributed by atoms with Crippen molar-refractivity contribution < 1.29 is 9.53 Å². The molecule has 0 saturated carbocycles. The van der Waals surface area contributed by atoms with Crippen LogP contribution < -0.4 is 0 Å². The average molecular weight is 235 g/mol. The van der Waals surface area contributed by atoms with Crippen LogP contribution >= 0.6 is 0 Å². The Morgan fingerprint density at radius 3 is 2.53 bits per heavy atom. The highest BCUT2D eigenvalue weighted by molar-refractivity contribution is 5.36. The van der Waals surface area contributed by atoms with Crippen LogP contribution in [0.25, 0.3) is 0 Å². The van der Waals surface area contributed by atoms with E-state index < -0.39 is 0 Å². The van der Waals surface area contributed by atoms with Gasteiger partial charge in [0, 0.05) is 13.1 Å². The molecule has 3 heteroatoms. The number of nitrogens with zero attached hydrogens (tertiary/aromatic N) is 1. The highest BCUT2D eigenvalue weighted by Gasteiger charge is 2.17. The third kappa shape index (κ3) is 5.50. The quantitative estimate of drug-likeness (QED) is 0.753. The Balaban J connectivity index is 0.000000317. The summed E-state index contributed by atoms with van der Waals surface area (Å²) in [6.07, 6.45) is 1.37. The normalized spacial score (nSPS) is 19.3. The van der Waals surface area contributed by atoms with Crippen molar-refractivity contribution >= 4 is 6.47 Å². The lowest BCUT2D eigenvalue weighted by Gasteiger charge is -2.14. The van der Waals surface area contributed by atoms with E-state index in [1.54, 1.807) is 0 Å². The minimum absolute atomic E-state index is 0.375. The van der Waals surface area contributed by atoms with Crippen molar-refractivity contribution in [3.63, 3.8) is 0 Å². The lowest BCUT2D eigenvalue weighted by molar-refractivity contribution is -0.126. The van der Waals surface area contributed by atoms with Crippen molar-refractivity contribution in [1.29, 1.82) is 0 Å². The molecule has 0 N–H and O–H groups in total. The third-order valence-electron chi connectivity index (χ3n) is 2.85. The van der Waals surface area contributed by atoms with Gasteiger partial charge in [-0.15, -0.1) is 0 Å². The highest BCUT2D eigenvalue weighted by atomic mass is 16.5. The zero-order chi connectivity index (χ0) is 12.5. The second kappa shape index (κ2) is 7.85. The number of methoxy groups -OCH3 is 1. The SMILES string of the molecule is CC1CCN(Cc2ccccc2)C1.COC=O. The van der Waals surface area contributed by atoms with Crippen molar-refractivity contribution in [3.8, 4) is 0 Å². The standard InChI is InChI=1S/C12H17N.C2H4O2/c1-11-7-8-13(9-11)10-12-5-3-2-4-6-12;1-4-2-3/h2-6,11H,7-10H2,1H3;2H,1H3. The van der Waals surface area contributed by atoms with Gasteiger partial charge in [0.15, 0.2) is 0 Å². The zero-order valence-electron chi connectivity index (χ0n) is 10.6. The molecule has 0 aromatic heterocycles. The van der Waals surface area contributed by atoms with Crippen LogP contribution in [0.1, 0.15) is 18.9 Å². The molecule has 1 unspecified atom stereocenters. The largest absolute Gasteiger partial charge is 0.471 e. The first-order chi connectivity index (χ1) is 8.26. The minimum atomic E-state index is 0.375. The molecule has 0 spiro atoms. The van der Waals surface area contributed by atoms with Gasteiger partial charge in [0.1, 0.15) is 0 Å². The van der Waals surface area contributed by atoms with E-state index >= 15 is 0 Å². The van der Waals surface area contributed by atoms with E-state index in [1.165, 1.54) is 32.2 Å². The molecule has 17 heavy (non-hydrogen) atoms. The first kappa shape index (κ1) is 13.7. The van der Waals surface area contributed by atoms with Gasteiger partial charge in [-0.1, -0.05) is 37.3 Å². The van der Waals surface area contributed by atoms with Gasteiger partial charge in [0.05, 0.1) is 7.11 Å². The maximum absolute atomic E-state index is 8.95. The van der Waals surface area contributed by atoms with Crippen LogP contribution in [0.5, 0.6) is 0 Å². The van der Waals surface area contributed by atoms with Gasteiger partial charge < -0.3 is 4.74 Å². The van der Waals surface area contributed by atoms with Crippen LogP contribution in [0, 0.1) is 5.92 Å². The summed E-state index contributed by atoms with van der Waals surface area (Å²) in [6.45, 7) is 6.39. The van der Waals surface area contributed by atoms with E-state index in [4.69, 9.17) is 4.79 Å². The van der Waals surface area contributed by atoms with E-state index in [1.807, 2.05) is 0 Å². The van der Waals surface area contributed by atoms with Crippen molar-refractivity contribution in [2.45, 2.75) is 19.9 Å².